The minimum absolute atomic E-state index is 0.00566. The summed E-state index contributed by atoms with van der Waals surface area (Å²) >= 11 is 0. The van der Waals surface area contributed by atoms with E-state index in [0.717, 1.165) is 42.3 Å². The maximum atomic E-state index is 13.5. The molecule has 0 aliphatic carbocycles. The zero-order valence-electron chi connectivity index (χ0n) is 17.9. The molecule has 3 aromatic rings. The molecule has 0 spiro atoms. The van der Waals surface area contributed by atoms with Crippen LogP contribution in [0, 0.1) is 12.7 Å². The summed E-state index contributed by atoms with van der Waals surface area (Å²) in [6.07, 6.45) is 5.96. The van der Waals surface area contributed by atoms with Crippen LogP contribution in [0.15, 0.2) is 54.7 Å². The van der Waals surface area contributed by atoms with E-state index in [1.165, 1.54) is 17.7 Å². The van der Waals surface area contributed by atoms with Crippen LogP contribution in [0.4, 0.5) is 15.9 Å². The summed E-state index contributed by atoms with van der Waals surface area (Å²) in [5.74, 6) is 1.25. The largest absolute Gasteiger partial charge is 0.378 e. The van der Waals surface area contributed by atoms with Gasteiger partial charge >= 0.3 is 0 Å². The highest BCUT2D eigenvalue weighted by molar-refractivity contribution is 5.81. The Labute approximate surface area is 186 Å². The van der Waals surface area contributed by atoms with E-state index in [0.29, 0.717) is 18.7 Å². The number of amides is 1. The van der Waals surface area contributed by atoms with Crippen molar-refractivity contribution in [2.75, 3.05) is 11.9 Å². The van der Waals surface area contributed by atoms with Crippen molar-refractivity contribution in [1.29, 1.82) is 0 Å². The van der Waals surface area contributed by atoms with Gasteiger partial charge in [0.15, 0.2) is 0 Å². The molecule has 1 saturated heterocycles. The number of nitrogens with zero attached hydrogens (tertiary/aromatic N) is 3. The van der Waals surface area contributed by atoms with Gasteiger partial charge in [0, 0.05) is 30.3 Å². The summed E-state index contributed by atoms with van der Waals surface area (Å²) in [7, 11) is 0. The second-order valence-electron chi connectivity index (χ2n) is 8.25. The van der Waals surface area contributed by atoms with E-state index in [1.807, 2.05) is 42.0 Å². The normalized spacial score (nSPS) is 17.4. The third-order valence-electron chi connectivity index (χ3n) is 5.87. The number of nitrogens with one attached hydrogen (secondary N) is 1. The average Bonchev–Trinajstić information content (AvgIpc) is 3.43. The predicted octanol–water partition coefficient (Wildman–Crippen LogP) is 5.08. The summed E-state index contributed by atoms with van der Waals surface area (Å²) in [6, 6.07) is 14.4. The number of imidazole rings is 1. The lowest BCUT2D eigenvalue weighted by molar-refractivity contribution is -0.131. The first-order valence-electron chi connectivity index (χ1n) is 10.9. The molecular formula is C25H25FN4O2. The second kappa shape index (κ2) is 8.59. The van der Waals surface area contributed by atoms with Crippen molar-refractivity contribution in [2.45, 2.75) is 38.8 Å². The van der Waals surface area contributed by atoms with Gasteiger partial charge in [0.05, 0.1) is 19.1 Å². The summed E-state index contributed by atoms with van der Waals surface area (Å²) in [5.41, 5.74) is 3.60. The molecule has 0 bridgehead atoms. The first-order valence-corrected chi connectivity index (χ1v) is 10.9. The number of hydrogen-bond donors (Lipinski definition) is 1. The number of fused-ring (bicyclic) bond motifs is 1. The Morgan fingerprint density at radius 3 is 2.66 bits per heavy atom. The third-order valence-corrected chi connectivity index (χ3v) is 5.87. The van der Waals surface area contributed by atoms with Crippen molar-refractivity contribution >= 4 is 23.6 Å². The van der Waals surface area contributed by atoms with E-state index >= 15 is 0 Å². The van der Waals surface area contributed by atoms with Crippen LogP contribution in [0.3, 0.4) is 0 Å². The summed E-state index contributed by atoms with van der Waals surface area (Å²) in [4.78, 5) is 19.3. The Morgan fingerprint density at radius 1 is 1.16 bits per heavy atom. The quantitative estimate of drug-likeness (QED) is 0.611. The number of carbonyl (C=O) groups is 1. The van der Waals surface area contributed by atoms with Gasteiger partial charge in [0.25, 0.3) is 0 Å². The minimum atomic E-state index is -0.295. The minimum Gasteiger partial charge on any atom is -0.378 e. The molecule has 0 saturated carbocycles. The third kappa shape index (κ3) is 4.16. The van der Waals surface area contributed by atoms with Gasteiger partial charge in [-0.05, 0) is 56.2 Å². The first kappa shape index (κ1) is 20.5. The molecule has 1 unspecified atom stereocenters. The standard InChI is InChI=1S/C25H25FN4O2/c1-17-4-10-20(11-5-17)27-25-24(18-6-8-19(26)9-7-18)28-22-16-29(12-13-30(22)25)23(31)15-21-3-2-14-32-21/h4-13,21,27H,2-3,14-16H2,1H3. The van der Waals surface area contributed by atoms with E-state index in [1.54, 1.807) is 23.2 Å². The molecule has 1 aromatic heterocycles. The van der Waals surface area contributed by atoms with Gasteiger partial charge in [-0.15, -0.1) is 0 Å². The van der Waals surface area contributed by atoms with Crippen LogP contribution < -0.4 is 5.32 Å². The van der Waals surface area contributed by atoms with E-state index in [-0.39, 0.29) is 17.8 Å². The second-order valence-corrected chi connectivity index (χ2v) is 8.25. The molecule has 1 N–H and O–H groups in total. The maximum Gasteiger partial charge on any atom is 0.229 e. The molecule has 6 nitrogen and oxygen atoms in total. The van der Waals surface area contributed by atoms with Crippen LogP contribution in [0.2, 0.25) is 0 Å². The Kier molecular flexibility index (Phi) is 5.49. The molecule has 1 atom stereocenters. The zero-order chi connectivity index (χ0) is 22.1. The van der Waals surface area contributed by atoms with E-state index in [4.69, 9.17) is 9.72 Å². The fourth-order valence-corrected chi connectivity index (χ4v) is 4.09. The number of aryl methyl sites for hydroxylation is 1. The molecule has 1 amide bonds. The number of benzene rings is 2. The van der Waals surface area contributed by atoms with Crippen molar-refractivity contribution in [3.8, 4) is 11.3 Å². The molecule has 5 rings (SSSR count). The lowest BCUT2D eigenvalue weighted by Gasteiger charge is -2.24. The number of hydrogen-bond acceptors (Lipinski definition) is 4. The van der Waals surface area contributed by atoms with Crippen molar-refractivity contribution in [3.05, 3.63) is 71.9 Å². The molecule has 1 fully saturated rings. The van der Waals surface area contributed by atoms with E-state index < -0.39 is 0 Å². The molecule has 2 aromatic carbocycles. The van der Waals surface area contributed by atoms with Crippen LogP contribution in [0.5, 0.6) is 0 Å². The van der Waals surface area contributed by atoms with E-state index in [2.05, 4.69) is 5.32 Å². The molecular weight excluding hydrogens is 407 g/mol. The van der Waals surface area contributed by atoms with Crippen molar-refractivity contribution in [1.82, 2.24) is 14.5 Å². The Hall–Kier alpha value is -3.45. The Morgan fingerprint density at radius 2 is 1.94 bits per heavy atom. The van der Waals surface area contributed by atoms with Gasteiger partial charge in [-0.1, -0.05) is 17.7 Å². The van der Waals surface area contributed by atoms with Crippen LogP contribution >= 0.6 is 0 Å². The number of anilines is 2. The fourth-order valence-electron chi connectivity index (χ4n) is 4.09. The number of rotatable bonds is 5. The molecule has 164 valence electrons. The number of carbonyl (C=O) groups excluding carboxylic acids is 1. The Balaban J connectivity index is 1.46. The molecule has 2 aliphatic rings. The highest BCUT2D eigenvalue weighted by atomic mass is 19.1. The topological polar surface area (TPSA) is 59.4 Å². The van der Waals surface area contributed by atoms with Crippen molar-refractivity contribution in [3.63, 3.8) is 0 Å². The van der Waals surface area contributed by atoms with Gasteiger partial charge in [-0.3, -0.25) is 9.36 Å². The van der Waals surface area contributed by atoms with Gasteiger partial charge in [0.1, 0.15) is 23.2 Å². The molecule has 2 aliphatic heterocycles. The van der Waals surface area contributed by atoms with Crippen molar-refractivity contribution < 1.29 is 13.9 Å². The molecule has 32 heavy (non-hydrogen) atoms. The maximum absolute atomic E-state index is 13.5. The molecule has 3 heterocycles. The number of halogens is 1. The van der Waals surface area contributed by atoms with Gasteiger partial charge in [-0.25, -0.2) is 9.37 Å². The average molecular weight is 432 g/mol. The van der Waals surface area contributed by atoms with Crippen LogP contribution in [-0.4, -0.2) is 33.1 Å². The fraction of sp³-hybridized carbons (Fsp3) is 0.280. The van der Waals surface area contributed by atoms with Crippen LogP contribution in [0.1, 0.15) is 30.7 Å². The summed E-state index contributed by atoms with van der Waals surface area (Å²) in [5, 5.41) is 3.46. The summed E-state index contributed by atoms with van der Waals surface area (Å²) < 4.78 is 21.1. The zero-order valence-corrected chi connectivity index (χ0v) is 17.9. The van der Waals surface area contributed by atoms with Gasteiger partial charge < -0.3 is 15.0 Å². The SMILES string of the molecule is Cc1ccc(Nc2c(-c3ccc(F)cc3)nc3n2C=CN(C(=O)CC2CCCO2)C3)cc1. The monoisotopic (exact) mass is 432 g/mol. The van der Waals surface area contributed by atoms with E-state index in [9.17, 15) is 9.18 Å². The first-order chi connectivity index (χ1) is 15.6. The van der Waals surface area contributed by atoms with Crippen LogP contribution in [0.25, 0.3) is 17.5 Å². The van der Waals surface area contributed by atoms with Crippen molar-refractivity contribution in [2.24, 2.45) is 0 Å². The van der Waals surface area contributed by atoms with Gasteiger partial charge in [-0.2, -0.15) is 0 Å². The summed E-state index contributed by atoms with van der Waals surface area (Å²) in [6.45, 7) is 3.14. The van der Waals surface area contributed by atoms with Crippen LogP contribution in [-0.2, 0) is 16.1 Å². The highest BCUT2D eigenvalue weighted by Gasteiger charge is 2.27. The molecule has 7 heteroatoms. The predicted molar refractivity (Wildman–Crippen MR) is 122 cm³/mol. The van der Waals surface area contributed by atoms with Gasteiger partial charge in [0.2, 0.25) is 5.91 Å². The number of aromatic nitrogens is 2. The smallest absolute Gasteiger partial charge is 0.229 e. The Bertz CT molecular complexity index is 1150. The molecule has 0 radical (unpaired) electrons. The lowest BCUT2D eigenvalue weighted by Crippen LogP contribution is -2.31. The highest BCUT2D eigenvalue weighted by Crippen LogP contribution is 2.34. The lowest BCUT2D eigenvalue weighted by atomic mass is 10.1. The number of ether oxygens (including phenoxy) is 1.